The van der Waals surface area contributed by atoms with E-state index in [0.29, 0.717) is 18.4 Å². The Morgan fingerprint density at radius 2 is 1.52 bits per heavy atom. The molecule has 2 rings (SSSR count). The first-order valence-corrected chi connectivity index (χ1v) is 8.25. The van der Waals surface area contributed by atoms with Crippen LogP contribution in [0.25, 0.3) is 0 Å². The Balaban J connectivity index is 2.33. The van der Waals surface area contributed by atoms with Crippen molar-refractivity contribution in [1.82, 2.24) is 9.91 Å². The summed E-state index contributed by atoms with van der Waals surface area (Å²) in [5, 5.41) is 0.913. The lowest BCUT2D eigenvalue weighted by atomic mass is 9.76. The second-order valence-electron chi connectivity index (χ2n) is 7.77. The first-order chi connectivity index (χ1) is 11.5. The molecule has 1 fully saturated rings. The molecular weight excluding hydrogens is 320 g/mol. The first-order valence-electron chi connectivity index (χ1n) is 8.25. The van der Waals surface area contributed by atoms with Gasteiger partial charge >= 0.3 is 11.8 Å². The van der Waals surface area contributed by atoms with Gasteiger partial charge in [0, 0.05) is 16.6 Å². The summed E-state index contributed by atoms with van der Waals surface area (Å²) in [5.41, 5.74) is 4.55. The Labute approximate surface area is 147 Å². The monoisotopic (exact) mass is 346 g/mol. The van der Waals surface area contributed by atoms with Crippen molar-refractivity contribution in [2.75, 3.05) is 0 Å². The molecule has 0 saturated carbocycles. The van der Waals surface area contributed by atoms with Crippen molar-refractivity contribution in [2.24, 2.45) is 11.6 Å². The van der Waals surface area contributed by atoms with Gasteiger partial charge in [-0.1, -0.05) is 18.2 Å². The van der Waals surface area contributed by atoms with E-state index in [-0.39, 0.29) is 11.9 Å². The molecule has 4 N–H and O–H groups in total. The topological polar surface area (TPSA) is 110 Å². The van der Waals surface area contributed by atoms with Gasteiger partial charge in [0.15, 0.2) is 0 Å². The Morgan fingerprint density at radius 1 is 1.04 bits per heavy atom. The lowest BCUT2D eigenvalue weighted by Crippen LogP contribution is -2.67. The van der Waals surface area contributed by atoms with Gasteiger partial charge in [-0.05, 0) is 52.7 Å². The number of likely N-dealkylation sites (tertiary alicyclic amines) is 1. The minimum absolute atomic E-state index is 0.0705. The smallest absolute Gasteiger partial charge is 0.325 e. The zero-order valence-corrected chi connectivity index (χ0v) is 15.2. The third kappa shape index (κ3) is 3.66. The average Bonchev–Trinajstić information content (AvgIpc) is 2.51. The first kappa shape index (κ1) is 18.9. The van der Waals surface area contributed by atoms with E-state index in [1.807, 2.05) is 50.8 Å². The standard InChI is InChI=1S/C18H26N4O3/c1-17(2)10-13(21(20)16(25)14(19)23)11-18(3,4)22(17)15(24)12-8-6-5-7-9-12/h5-9,13H,10-11,20H2,1-4H3,(H2,19,23). The molecule has 0 bridgehead atoms. The van der Waals surface area contributed by atoms with Crippen LogP contribution in [0.3, 0.4) is 0 Å². The normalized spacial score (nSPS) is 19.3. The molecule has 7 nitrogen and oxygen atoms in total. The van der Waals surface area contributed by atoms with E-state index in [0.717, 1.165) is 5.01 Å². The quantitative estimate of drug-likeness (QED) is 0.361. The number of amides is 3. The van der Waals surface area contributed by atoms with Gasteiger partial charge in [-0.15, -0.1) is 0 Å². The average molecular weight is 346 g/mol. The molecule has 0 spiro atoms. The number of benzene rings is 1. The number of hydrogen-bond donors (Lipinski definition) is 2. The molecule has 0 radical (unpaired) electrons. The molecule has 0 atom stereocenters. The van der Waals surface area contributed by atoms with E-state index in [1.54, 1.807) is 12.1 Å². The second-order valence-corrected chi connectivity index (χ2v) is 7.77. The number of hydrazine groups is 1. The zero-order valence-electron chi connectivity index (χ0n) is 15.2. The Hall–Kier alpha value is -2.41. The maximum Gasteiger partial charge on any atom is 0.325 e. The molecular formula is C18H26N4O3. The molecule has 0 unspecified atom stereocenters. The number of carbonyl (C=O) groups excluding carboxylic acids is 3. The molecule has 1 aliphatic rings. The van der Waals surface area contributed by atoms with Gasteiger partial charge in [0.25, 0.3) is 5.91 Å². The molecule has 1 aromatic rings. The van der Waals surface area contributed by atoms with Crippen molar-refractivity contribution in [3.63, 3.8) is 0 Å². The molecule has 1 saturated heterocycles. The summed E-state index contributed by atoms with van der Waals surface area (Å²) >= 11 is 0. The van der Waals surface area contributed by atoms with Crippen LogP contribution in [0.2, 0.25) is 0 Å². The van der Waals surface area contributed by atoms with Crippen molar-refractivity contribution >= 4 is 17.7 Å². The van der Waals surface area contributed by atoms with Crippen LogP contribution >= 0.6 is 0 Å². The number of piperidine rings is 1. The fourth-order valence-corrected chi connectivity index (χ4v) is 3.98. The van der Waals surface area contributed by atoms with Crippen molar-refractivity contribution in [2.45, 2.75) is 57.7 Å². The Bertz CT molecular complexity index is 667. The van der Waals surface area contributed by atoms with Crippen LogP contribution in [-0.2, 0) is 9.59 Å². The SMILES string of the molecule is CC1(C)CC(N(N)C(=O)C(N)=O)CC(C)(C)N1C(=O)c1ccccc1. The maximum atomic E-state index is 13.1. The fraction of sp³-hybridized carbons (Fsp3) is 0.500. The van der Waals surface area contributed by atoms with E-state index in [4.69, 9.17) is 11.6 Å². The van der Waals surface area contributed by atoms with Gasteiger partial charge in [-0.3, -0.25) is 19.4 Å². The van der Waals surface area contributed by atoms with Gasteiger partial charge in [0.05, 0.1) is 6.04 Å². The highest BCUT2D eigenvalue weighted by molar-refractivity contribution is 6.34. The van der Waals surface area contributed by atoms with Crippen LogP contribution in [0, 0.1) is 0 Å². The predicted octanol–water partition coefficient (Wildman–Crippen LogP) is 1.04. The van der Waals surface area contributed by atoms with Crippen molar-refractivity contribution < 1.29 is 14.4 Å². The summed E-state index contributed by atoms with van der Waals surface area (Å²) < 4.78 is 0. The van der Waals surface area contributed by atoms with Gasteiger partial charge in [-0.2, -0.15) is 0 Å². The van der Waals surface area contributed by atoms with E-state index < -0.39 is 22.9 Å². The summed E-state index contributed by atoms with van der Waals surface area (Å²) in [5.74, 6) is 3.78. The third-order valence-corrected chi connectivity index (χ3v) is 4.74. The minimum atomic E-state index is -1.08. The molecule has 3 amide bonds. The number of nitrogens with two attached hydrogens (primary N) is 2. The second kappa shape index (κ2) is 6.48. The van der Waals surface area contributed by atoms with E-state index in [9.17, 15) is 14.4 Å². The van der Waals surface area contributed by atoms with E-state index >= 15 is 0 Å². The van der Waals surface area contributed by atoms with Crippen molar-refractivity contribution in [3.05, 3.63) is 35.9 Å². The molecule has 1 heterocycles. The zero-order chi connectivity index (χ0) is 19.0. The molecule has 136 valence electrons. The lowest BCUT2D eigenvalue weighted by Gasteiger charge is -2.56. The Morgan fingerprint density at radius 3 is 1.96 bits per heavy atom. The Kier molecular flexibility index (Phi) is 4.90. The molecule has 0 aromatic heterocycles. The number of nitrogens with zero attached hydrogens (tertiary/aromatic N) is 2. The summed E-state index contributed by atoms with van der Waals surface area (Å²) in [6.07, 6.45) is 0.898. The van der Waals surface area contributed by atoms with Gasteiger partial charge < -0.3 is 10.6 Å². The molecule has 25 heavy (non-hydrogen) atoms. The van der Waals surface area contributed by atoms with Crippen LogP contribution < -0.4 is 11.6 Å². The molecule has 1 aromatic carbocycles. The number of carbonyl (C=O) groups is 3. The van der Waals surface area contributed by atoms with Gasteiger partial charge in [-0.25, -0.2) is 5.84 Å². The number of hydrogen-bond acceptors (Lipinski definition) is 4. The van der Waals surface area contributed by atoms with Crippen LogP contribution in [0.5, 0.6) is 0 Å². The van der Waals surface area contributed by atoms with Crippen LogP contribution in [0.4, 0.5) is 0 Å². The summed E-state index contributed by atoms with van der Waals surface area (Å²) in [6, 6.07) is 8.70. The van der Waals surface area contributed by atoms with Crippen LogP contribution in [0.15, 0.2) is 30.3 Å². The van der Waals surface area contributed by atoms with E-state index in [1.165, 1.54) is 0 Å². The largest absolute Gasteiger partial charge is 0.361 e. The molecule has 7 heteroatoms. The summed E-state index contributed by atoms with van der Waals surface area (Å²) in [7, 11) is 0. The van der Waals surface area contributed by atoms with Crippen LogP contribution in [0.1, 0.15) is 50.9 Å². The minimum Gasteiger partial charge on any atom is -0.361 e. The van der Waals surface area contributed by atoms with Crippen molar-refractivity contribution in [1.29, 1.82) is 0 Å². The lowest BCUT2D eigenvalue weighted by molar-refractivity contribution is -0.148. The summed E-state index contributed by atoms with van der Waals surface area (Å²) in [6.45, 7) is 7.74. The predicted molar refractivity (Wildman–Crippen MR) is 94.0 cm³/mol. The number of primary amides is 1. The number of rotatable bonds is 2. The van der Waals surface area contributed by atoms with Crippen LogP contribution in [-0.4, -0.2) is 44.8 Å². The molecule has 0 aliphatic carbocycles. The third-order valence-electron chi connectivity index (χ3n) is 4.74. The van der Waals surface area contributed by atoms with E-state index in [2.05, 4.69) is 0 Å². The highest BCUT2D eigenvalue weighted by atomic mass is 16.2. The maximum absolute atomic E-state index is 13.1. The van der Waals surface area contributed by atoms with Gasteiger partial charge in [0.1, 0.15) is 0 Å². The molecule has 1 aliphatic heterocycles. The fourth-order valence-electron chi connectivity index (χ4n) is 3.98. The summed E-state index contributed by atoms with van der Waals surface area (Å²) in [4.78, 5) is 37.9. The highest BCUT2D eigenvalue weighted by Gasteiger charge is 2.49. The highest BCUT2D eigenvalue weighted by Crippen LogP contribution is 2.40. The van der Waals surface area contributed by atoms with Crippen molar-refractivity contribution in [3.8, 4) is 0 Å². The van der Waals surface area contributed by atoms with Gasteiger partial charge in [0.2, 0.25) is 0 Å².